The highest BCUT2D eigenvalue weighted by Crippen LogP contribution is 2.29. The Bertz CT molecular complexity index is 486. The molecule has 122 valence electrons. The molecule has 0 saturated carbocycles. The minimum Gasteiger partial charge on any atom is -0.366 e. The lowest BCUT2D eigenvalue weighted by Gasteiger charge is -2.32. The predicted octanol–water partition coefficient (Wildman–Crippen LogP) is 3.76. The Morgan fingerprint density at radius 3 is 2.59 bits per heavy atom. The number of hydrogen-bond acceptors (Lipinski definition) is 4. The fourth-order valence-electron chi connectivity index (χ4n) is 3.72. The number of hydrogen-bond donors (Lipinski definition) is 1. The summed E-state index contributed by atoms with van der Waals surface area (Å²) >= 11 is 0. The van der Waals surface area contributed by atoms with Gasteiger partial charge in [0.05, 0.1) is 0 Å². The number of aromatic nitrogens is 2. The van der Waals surface area contributed by atoms with Gasteiger partial charge < -0.3 is 5.32 Å². The van der Waals surface area contributed by atoms with Crippen LogP contribution in [-0.4, -0.2) is 40.0 Å². The highest BCUT2D eigenvalue weighted by molar-refractivity contribution is 5.39. The molecule has 2 atom stereocenters. The molecule has 2 aliphatic heterocycles. The second kappa shape index (κ2) is 6.53. The first kappa shape index (κ1) is 15.7. The fourth-order valence-corrected chi connectivity index (χ4v) is 3.72. The molecule has 0 aromatic carbocycles. The molecule has 22 heavy (non-hydrogen) atoms. The average molecular weight is 302 g/mol. The highest BCUT2D eigenvalue weighted by atomic mass is 15.2. The summed E-state index contributed by atoms with van der Waals surface area (Å²) in [5.74, 6) is 2.80. The van der Waals surface area contributed by atoms with E-state index in [-0.39, 0.29) is 0 Å². The molecule has 3 heterocycles. The Morgan fingerprint density at radius 2 is 1.86 bits per heavy atom. The van der Waals surface area contributed by atoms with Crippen molar-refractivity contribution in [3.05, 3.63) is 17.6 Å². The first-order valence-electron chi connectivity index (χ1n) is 8.94. The number of nitrogens with zero attached hydrogens (tertiary/aromatic N) is 3. The Labute approximate surface area is 134 Å². The van der Waals surface area contributed by atoms with Crippen LogP contribution in [0.1, 0.15) is 76.7 Å². The third kappa shape index (κ3) is 3.27. The summed E-state index contributed by atoms with van der Waals surface area (Å²) in [5, 5.41) is 3.74. The van der Waals surface area contributed by atoms with Crippen molar-refractivity contribution in [3.8, 4) is 0 Å². The van der Waals surface area contributed by atoms with Crippen molar-refractivity contribution in [1.29, 1.82) is 0 Å². The molecular weight excluding hydrogens is 272 g/mol. The van der Waals surface area contributed by atoms with Gasteiger partial charge in [-0.2, -0.15) is 0 Å². The molecule has 2 unspecified atom stereocenters. The maximum Gasteiger partial charge on any atom is 0.133 e. The summed E-state index contributed by atoms with van der Waals surface area (Å²) < 4.78 is 0. The van der Waals surface area contributed by atoms with Crippen molar-refractivity contribution >= 4 is 5.82 Å². The first-order valence-corrected chi connectivity index (χ1v) is 8.94. The van der Waals surface area contributed by atoms with Crippen LogP contribution in [0, 0.1) is 0 Å². The van der Waals surface area contributed by atoms with Crippen molar-refractivity contribution in [3.63, 3.8) is 0 Å². The van der Waals surface area contributed by atoms with Crippen LogP contribution in [0.5, 0.6) is 0 Å². The second-order valence-corrected chi connectivity index (χ2v) is 7.48. The number of nitrogens with one attached hydrogen (secondary N) is 1. The molecule has 0 aliphatic carbocycles. The summed E-state index contributed by atoms with van der Waals surface area (Å²) in [6.07, 6.45) is 5.31. The molecule has 2 aliphatic rings. The fraction of sp³-hybridized carbons (Fsp3) is 0.778. The number of rotatable bonds is 4. The van der Waals surface area contributed by atoms with E-state index in [4.69, 9.17) is 9.97 Å². The van der Waals surface area contributed by atoms with Gasteiger partial charge in [0, 0.05) is 36.3 Å². The maximum atomic E-state index is 4.78. The van der Waals surface area contributed by atoms with Crippen molar-refractivity contribution in [1.82, 2.24) is 14.9 Å². The van der Waals surface area contributed by atoms with Gasteiger partial charge >= 0.3 is 0 Å². The molecule has 0 bridgehead atoms. The zero-order chi connectivity index (χ0) is 15.7. The largest absolute Gasteiger partial charge is 0.366 e. The normalized spacial score (nSPS) is 25.7. The van der Waals surface area contributed by atoms with Crippen LogP contribution in [0.3, 0.4) is 0 Å². The van der Waals surface area contributed by atoms with Crippen LogP contribution < -0.4 is 5.32 Å². The lowest BCUT2D eigenvalue weighted by atomic mass is 9.99. The zero-order valence-electron chi connectivity index (χ0n) is 14.5. The van der Waals surface area contributed by atoms with Gasteiger partial charge in [0.2, 0.25) is 0 Å². The van der Waals surface area contributed by atoms with Crippen LogP contribution in [0.25, 0.3) is 0 Å². The zero-order valence-corrected chi connectivity index (χ0v) is 14.5. The average Bonchev–Trinajstić information content (AvgIpc) is 2.90. The van der Waals surface area contributed by atoms with E-state index < -0.39 is 0 Å². The van der Waals surface area contributed by atoms with E-state index in [1.54, 1.807) is 0 Å². The van der Waals surface area contributed by atoms with Crippen LogP contribution >= 0.6 is 0 Å². The predicted molar refractivity (Wildman–Crippen MR) is 91.4 cm³/mol. The van der Waals surface area contributed by atoms with E-state index in [1.165, 1.54) is 38.8 Å². The molecule has 1 aromatic rings. The molecule has 0 amide bonds. The highest BCUT2D eigenvalue weighted by Gasteiger charge is 2.35. The number of piperidine rings is 1. The monoisotopic (exact) mass is 302 g/mol. The van der Waals surface area contributed by atoms with Gasteiger partial charge in [0.15, 0.2) is 0 Å². The molecule has 3 rings (SSSR count). The third-order valence-corrected chi connectivity index (χ3v) is 5.06. The number of fused-ring (bicyclic) bond motifs is 1. The van der Waals surface area contributed by atoms with Crippen molar-refractivity contribution < 1.29 is 0 Å². The lowest BCUT2D eigenvalue weighted by molar-refractivity contribution is 0.192. The Kier molecular flexibility index (Phi) is 4.67. The minimum atomic E-state index is 0.369. The molecule has 4 heteroatoms. The van der Waals surface area contributed by atoms with Crippen molar-refractivity contribution in [2.45, 2.75) is 77.3 Å². The van der Waals surface area contributed by atoms with Gasteiger partial charge in [-0.15, -0.1) is 0 Å². The molecule has 1 aromatic heterocycles. The van der Waals surface area contributed by atoms with Crippen LogP contribution in [0.15, 0.2) is 6.07 Å². The minimum absolute atomic E-state index is 0.369. The standard InChI is InChI=1S/C18H30N4/c1-12(2)15-11-17(21-18(20-15)13(3)4)19-14-8-10-22-9-6-5-7-16(14)22/h11-14,16H,5-10H2,1-4H3,(H,19,20,21). The molecule has 4 nitrogen and oxygen atoms in total. The van der Waals surface area contributed by atoms with Gasteiger partial charge in [-0.05, 0) is 31.7 Å². The summed E-state index contributed by atoms with van der Waals surface area (Å²) in [6, 6.07) is 3.41. The smallest absolute Gasteiger partial charge is 0.133 e. The lowest BCUT2D eigenvalue weighted by Crippen LogP contribution is -2.41. The Hall–Kier alpha value is -1.16. The van der Waals surface area contributed by atoms with Crippen LogP contribution in [0.4, 0.5) is 5.82 Å². The van der Waals surface area contributed by atoms with Crippen LogP contribution in [-0.2, 0) is 0 Å². The van der Waals surface area contributed by atoms with E-state index in [2.05, 4.69) is 44.0 Å². The van der Waals surface area contributed by atoms with E-state index in [0.29, 0.717) is 23.9 Å². The summed E-state index contributed by atoms with van der Waals surface area (Å²) in [6.45, 7) is 11.3. The van der Waals surface area contributed by atoms with Gasteiger partial charge in [-0.25, -0.2) is 9.97 Å². The van der Waals surface area contributed by atoms with Crippen LogP contribution in [0.2, 0.25) is 0 Å². The first-order chi connectivity index (χ1) is 10.5. The van der Waals surface area contributed by atoms with Gasteiger partial charge in [0.1, 0.15) is 11.6 Å². The molecular formula is C18H30N4. The van der Waals surface area contributed by atoms with E-state index >= 15 is 0 Å². The maximum absolute atomic E-state index is 4.78. The van der Waals surface area contributed by atoms with Gasteiger partial charge in [0.25, 0.3) is 0 Å². The van der Waals surface area contributed by atoms with Gasteiger partial charge in [-0.1, -0.05) is 34.1 Å². The quantitative estimate of drug-likeness (QED) is 0.919. The molecule has 0 spiro atoms. The van der Waals surface area contributed by atoms with Crippen molar-refractivity contribution in [2.75, 3.05) is 18.4 Å². The molecule has 1 N–H and O–H groups in total. The number of anilines is 1. The summed E-state index contributed by atoms with van der Waals surface area (Å²) in [7, 11) is 0. The Balaban J connectivity index is 1.79. The molecule has 0 radical (unpaired) electrons. The Morgan fingerprint density at radius 1 is 1.05 bits per heavy atom. The van der Waals surface area contributed by atoms with Gasteiger partial charge in [-0.3, -0.25) is 4.90 Å². The molecule has 2 fully saturated rings. The van der Waals surface area contributed by atoms with E-state index in [1.807, 2.05) is 0 Å². The summed E-state index contributed by atoms with van der Waals surface area (Å²) in [5.41, 5.74) is 1.15. The van der Waals surface area contributed by atoms with Crippen molar-refractivity contribution in [2.24, 2.45) is 0 Å². The molecule has 2 saturated heterocycles. The van der Waals surface area contributed by atoms with E-state index in [0.717, 1.165) is 17.3 Å². The topological polar surface area (TPSA) is 41.0 Å². The summed E-state index contributed by atoms with van der Waals surface area (Å²) in [4.78, 5) is 12.2. The third-order valence-electron chi connectivity index (χ3n) is 5.06. The SMILES string of the molecule is CC(C)c1cc(NC2CCN3CCCCC23)nc(C(C)C)n1. The van der Waals surface area contributed by atoms with E-state index in [9.17, 15) is 0 Å². The second-order valence-electron chi connectivity index (χ2n) is 7.48.